The summed E-state index contributed by atoms with van der Waals surface area (Å²) in [5, 5.41) is 6.56. The predicted molar refractivity (Wildman–Crippen MR) is 110 cm³/mol. The molecule has 2 aromatic rings. The summed E-state index contributed by atoms with van der Waals surface area (Å²) < 4.78 is 16.4. The fraction of sp³-hybridized carbons (Fsp3) is 0.381. The highest BCUT2D eigenvalue weighted by atomic mass is 16.5. The van der Waals surface area contributed by atoms with Crippen molar-refractivity contribution in [2.24, 2.45) is 4.99 Å². The summed E-state index contributed by atoms with van der Waals surface area (Å²) in [5.41, 5.74) is 1.98. The van der Waals surface area contributed by atoms with Crippen LogP contribution in [0.3, 0.4) is 0 Å². The fourth-order valence-corrected chi connectivity index (χ4v) is 2.50. The van der Waals surface area contributed by atoms with Crippen molar-refractivity contribution in [3.8, 4) is 17.2 Å². The van der Waals surface area contributed by atoms with Gasteiger partial charge in [-0.2, -0.15) is 0 Å². The van der Waals surface area contributed by atoms with Crippen LogP contribution in [0.25, 0.3) is 0 Å². The van der Waals surface area contributed by atoms with Crippen molar-refractivity contribution in [1.82, 2.24) is 5.32 Å². The Balaban J connectivity index is 1.95. The van der Waals surface area contributed by atoms with Crippen molar-refractivity contribution in [3.63, 3.8) is 0 Å². The normalized spacial score (nSPS) is 11.0. The highest BCUT2D eigenvalue weighted by molar-refractivity contribution is 5.93. The Hall–Kier alpha value is -2.89. The van der Waals surface area contributed by atoms with Crippen LogP contribution in [0.5, 0.6) is 17.2 Å². The van der Waals surface area contributed by atoms with E-state index in [9.17, 15) is 0 Å². The summed E-state index contributed by atoms with van der Waals surface area (Å²) in [4.78, 5) is 4.27. The van der Waals surface area contributed by atoms with Crippen LogP contribution in [-0.4, -0.2) is 33.8 Å². The van der Waals surface area contributed by atoms with Gasteiger partial charge in [-0.1, -0.05) is 25.5 Å². The molecular weight excluding hydrogens is 342 g/mol. The minimum Gasteiger partial charge on any atom is -0.494 e. The molecule has 27 heavy (non-hydrogen) atoms. The zero-order valence-electron chi connectivity index (χ0n) is 16.5. The van der Waals surface area contributed by atoms with Crippen molar-refractivity contribution in [1.29, 1.82) is 0 Å². The van der Waals surface area contributed by atoms with E-state index in [2.05, 4.69) is 28.6 Å². The van der Waals surface area contributed by atoms with E-state index in [1.54, 1.807) is 21.3 Å². The van der Waals surface area contributed by atoms with Gasteiger partial charge in [0.05, 0.1) is 20.8 Å². The van der Waals surface area contributed by atoms with E-state index in [0.717, 1.165) is 36.4 Å². The number of methoxy groups -OCH3 is 2. The Morgan fingerprint density at radius 2 is 1.85 bits per heavy atom. The average molecular weight is 371 g/mol. The molecule has 0 aliphatic rings. The van der Waals surface area contributed by atoms with Crippen LogP contribution in [0.2, 0.25) is 0 Å². The van der Waals surface area contributed by atoms with Crippen molar-refractivity contribution in [2.45, 2.75) is 26.3 Å². The lowest BCUT2D eigenvalue weighted by Crippen LogP contribution is -2.30. The lowest BCUT2D eigenvalue weighted by molar-refractivity contribution is 0.309. The fourth-order valence-electron chi connectivity index (χ4n) is 2.50. The lowest BCUT2D eigenvalue weighted by atomic mass is 10.2. The zero-order chi connectivity index (χ0) is 19.5. The van der Waals surface area contributed by atoms with Crippen molar-refractivity contribution in [3.05, 3.63) is 48.0 Å². The highest BCUT2D eigenvalue weighted by Gasteiger charge is 2.06. The average Bonchev–Trinajstić information content (AvgIpc) is 2.71. The number of ether oxygens (including phenoxy) is 3. The number of nitrogens with one attached hydrogen (secondary N) is 2. The van der Waals surface area contributed by atoms with E-state index in [4.69, 9.17) is 14.2 Å². The van der Waals surface area contributed by atoms with Gasteiger partial charge >= 0.3 is 0 Å². The molecule has 0 spiro atoms. The molecular formula is C21H29N3O3. The van der Waals surface area contributed by atoms with Crippen LogP contribution < -0.4 is 24.8 Å². The van der Waals surface area contributed by atoms with Crippen LogP contribution in [0.4, 0.5) is 5.69 Å². The number of unbranched alkanes of at least 4 members (excludes halogenated alkanes) is 1. The standard InChI is InChI=1S/C21H29N3O3/c1-5-6-12-27-18-9-7-8-16(13-18)15-23-21(22-2)24-17-10-11-19(25-3)20(14-17)26-4/h7-11,13-14H,5-6,12,15H2,1-4H3,(H2,22,23,24). The molecule has 0 bridgehead atoms. The van der Waals surface area contributed by atoms with E-state index in [1.807, 2.05) is 36.4 Å². The third kappa shape index (κ3) is 6.40. The first-order valence-corrected chi connectivity index (χ1v) is 9.11. The second-order valence-corrected chi connectivity index (χ2v) is 5.97. The highest BCUT2D eigenvalue weighted by Crippen LogP contribution is 2.29. The van der Waals surface area contributed by atoms with Gasteiger partial charge in [0.2, 0.25) is 0 Å². The Kier molecular flexibility index (Phi) is 8.29. The molecule has 2 rings (SSSR count). The monoisotopic (exact) mass is 371 g/mol. The van der Waals surface area contributed by atoms with Crippen LogP contribution in [0, 0.1) is 0 Å². The number of guanidine groups is 1. The smallest absolute Gasteiger partial charge is 0.195 e. The SMILES string of the molecule is CCCCOc1cccc(CNC(=NC)Nc2ccc(OC)c(OC)c2)c1. The maximum Gasteiger partial charge on any atom is 0.195 e. The number of aliphatic imine (C=N–C) groups is 1. The van der Waals surface area contributed by atoms with Crippen LogP contribution in [-0.2, 0) is 6.54 Å². The Labute approximate surface area is 161 Å². The predicted octanol–water partition coefficient (Wildman–Crippen LogP) is 4.07. The van der Waals surface area contributed by atoms with Gasteiger partial charge in [0.25, 0.3) is 0 Å². The molecule has 0 radical (unpaired) electrons. The molecule has 0 fully saturated rings. The van der Waals surface area contributed by atoms with Gasteiger partial charge in [-0.15, -0.1) is 0 Å². The van der Waals surface area contributed by atoms with Gasteiger partial charge in [-0.25, -0.2) is 0 Å². The Morgan fingerprint density at radius 3 is 2.56 bits per heavy atom. The number of anilines is 1. The Bertz CT molecular complexity index is 747. The first-order chi connectivity index (χ1) is 13.2. The summed E-state index contributed by atoms with van der Waals surface area (Å²) in [7, 11) is 4.97. The van der Waals surface area contributed by atoms with Crippen molar-refractivity contribution in [2.75, 3.05) is 33.2 Å². The topological polar surface area (TPSA) is 64.1 Å². The van der Waals surface area contributed by atoms with Gasteiger partial charge in [0.1, 0.15) is 5.75 Å². The maximum absolute atomic E-state index is 5.76. The number of hydrogen-bond acceptors (Lipinski definition) is 4. The van der Waals surface area contributed by atoms with Crippen LogP contribution in [0.15, 0.2) is 47.5 Å². The largest absolute Gasteiger partial charge is 0.494 e. The second kappa shape index (κ2) is 11.0. The van der Waals surface area contributed by atoms with E-state index >= 15 is 0 Å². The van der Waals surface area contributed by atoms with E-state index in [-0.39, 0.29) is 0 Å². The first-order valence-electron chi connectivity index (χ1n) is 9.11. The molecule has 0 aromatic heterocycles. The summed E-state index contributed by atoms with van der Waals surface area (Å²) in [6, 6.07) is 13.7. The molecule has 0 saturated carbocycles. The minimum atomic E-state index is 0.637. The molecule has 0 saturated heterocycles. The van der Waals surface area contributed by atoms with Crippen LogP contribution in [0.1, 0.15) is 25.3 Å². The molecule has 0 heterocycles. The number of benzene rings is 2. The summed E-state index contributed by atoms with van der Waals surface area (Å²) >= 11 is 0. The first kappa shape index (κ1) is 20.4. The Morgan fingerprint density at radius 1 is 1.04 bits per heavy atom. The molecule has 146 valence electrons. The molecule has 2 aromatic carbocycles. The molecule has 0 unspecified atom stereocenters. The van der Waals surface area contributed by atoms with E-state index in [0.29, 0.717) is 24.0 Å². The lowest BCUT2D eigenvalue weighted by Gasteiger charge is -2.14. The summed E-state index contributed by atoms with van der Waals surface area (Å²) in [5.74, 6) is 2.91. The van der Waals surface area contributed by atoms with E-state index < -0.39 is 0 Å². The number of rotatable bonds is 9. The molecule has 0 aliphatic heterocycles. The maximum atomic E-state index is 5.76. The molecule has 6 nitrogen and oxygen atoms in total. The molecule has 0 amide bonds. The minimum absolute atomic E-state index is 0.637. The number of nitrogens with zero attached hydrogens (tertiary/aromatic N) is 1. The third-order valence-electron chi connectivity index (χ3n) is 3.99. The van der Waals surface area contributed by atoms with Crippen molar-refractivity contribution >= 4 is 11.6 Å². The molecule has 2 N–H and O–H groups in total. The molecule has 6 heteroatoms. The van der Waals surface area contributed by atoms with Gasteiger partial charge in [0.15, 0.2) is 17.5 Å². The zero-order valence-corrected chi connectivity index (χ0v) is 16.5. The van der Waals surface area contributed by atoms with Crippen LogP contribution >= 0.6 is 0 Å². The summed E-state index contributed by atoms with van der Waals surface area (Å²) in [6.07, 6.45) is 2.18. The van der Waals surface area contributed by atoms with Crippen molar-refractivity contribution < 1.29 is 14.2 Å². The number of hydrogen-bond donors (Lipinski definition) is 2. The van der Waals surface area contributed by atoms with Gasteiger partial charge in [0, 0.05) is 25.3 Å². The summed E-state index contributed by atoms with van der Waals surface area (Å²) in [6.45, 7) is 3.54. The molecule has 0 atom stereocenters. The quantitative estimate of drug-likeness (QED) is 0.395. The third-order valence-corrected chi connectivity index (χ3v) is 3.99. The van der Waals surface area contributed by atoms with E-state index in [1.165, 1.54) is 0 Å². The van der Waals surface area contributed by atoms with Gasteiger partial charge in [-0.3, -0.25) is 4.99 Å². The second-order valence-electron chi connectivity index (χ2n) is 5.97. The molecule has 0 aliphatic carbocycles. The van der Waals surface area contributed by atoms with Gasteiger partial charge in [-0.05, 0) is 36.2 Å². The van der Waals surface area contributed by atoms with Gasteiger partial charge < -0.3 is 24.8 Å².